The van der Waals surface area contributed by atoms with Gasteiger partial charge in [0.15, 0.2) is 0 Å². The lowest BCUT2D eigenvalue weighted by molar-refractivity contribution is -0.148. The topological polar surface area (TPSA) is 86.7 Å². The Morgan fingerprint density at radius 2 is 2.11 bits per heavy atom. The number of unbranched alkanes of at least 4 members (excludes halogenated alkanes) is 3. The van der Waals surface area contributed by atoms with Crippen LogP contribution >= 0.6 is 0 Å². The van der Waals surface area contributed by atoms with E-state index in [1.807, 2.05) is 0 Å². The van der Waals surface area contributed by atoms with E-state index in [1.54, 1.807) is 0 Å². The molecule has 0 saturated carbocycles. The van der Waals surface area contributed by atoms with Crippen LogP contribution in [0, 0.1) is 0 Å². The van der Waals surface area contributed by atoms with Gasteiger partial charge in [0.1, 0.15) is 6.04 Å². The first-order chi connectivity index (χ1) is 9.06. The molecule has 0 aromatic rings. The fraction of sp³-hybridized carbons (Fsp3) is 0.769. The summed E-state index contributed by atoms with van der Waals surface area (Å²) in [6.07, 6.45) is 4.04. The van der Waals surface area contributed by atoms with Crippen molar-refractivity contribution >= 4 is 17.8 Å². The van der Waals surface area contributed by atoms with Crippen LogP contribution in [-0.2, 0) is 14.4 Å². The van der Waals surface area contributed by atoms with Crippen molar-refractivity contribution in [2.75, 3.05) is 13.1 Å². The van der Waals surface area contributed by atoms with Crippen LogP contribution in [0.25, 0.3) is 0 Å². The first-order valence-corrected chi connectivity index (χ1v) is 6.85. The van der Waals surface area contributed by atoms with Crippen LogP contribution in [0.1, 0.15) is 45.4 Å². The highest BCUT2D eigenvalue weighted by molar-refractivity contribution is 5.91. The first-order valence-electron chi connectivity index (χ1n) is 6.85. The third-order valence-corrected chi connectivity index (χ3v) is 3.26. The standard InChI is InChI=1S/C13H22N2O4/c1-2-3-4-5-6-11(16)15-8-7-14-13(19)10(15)9-12(17)18/h10H,2-9H2,1H3,(H,14,19)(H,17,18). The smallest absolute Gasteiger partial charge is 0.305 e. The number of hydrogen-bond acceptors (Lipinski definition) is 3. The SMILES string of the molecule is CCCCCCC(=O)N1CCNC(=O)C1CC(=O)O. The molecule has 1 rings (SSSR count). The number of carbonyl (C=O) groups is 3. The minimum Gasteiger partial charge on any atom is -0.481 e. The molecule has 19 heavy (non-hydrogen) atoms. The van der Waals surface area contributed by atoms with Gasteiger partial charge in [-0.3, -0.25) is 14.4 Å². The normalized spacial score (nSPS) is 19.1. The highest BCUT2D eigenvalue weighted by Gasteiger charge is 2.34. The van der Waals surface area contributed by atoms with Crippen LogP contribution < -0.4 is 5.32 Å². The molecular weight excluding hydrogens is 248 g/mol. The van der Waals surface area contributed by atoms with Crippen LogP contribution in [0.4, 0.5) is 0 Å². The quantitative estimate of drug-likeness (QED) is 0.669. The fourth-order valence-electron chi connectivity index (χ4n) is 2.23. The number of rotatable bonds is 7. The number of carboxylic acid groups (broad SMARTS) is 1. The summed E-state index contributed by atoms with van der Waals surface area (Å²) < 4.78 is 0. The van der Waals surface area contributed by atoms with E-state index in [9.17, 15) is 14.4 Å². The molecule has 6 nitrogen and oxygen atoms in total. The van der Waals surface area contributed by atoms with Gasteiger partial charge in [0.05, 0.1) is 6.42 Å². The molecule has 0 aromatic carbocycles. The Bertz CT molecular complexity index is 344. The molecule has 6 heteroatoms. The molecule has 1 saturated heterocycles. The van der Waals surface area contributed by atoms with Gasteiger partial charge < -0.3 is 15.3 Å². The van der Waals surface area contributed by atoms with Crippen LogP contribution in [-0.4, -0.2) is 46.9 Å². The zero-order chi connectivity index (χ0) is 14.3. The van der Waals surface area contributed by atoms with Gasteiger partial charge in [-0.2, -0.15) is 0 Å². The number of amides is 2. The summed E-state index contributed by atoms with van der Waals surface area (Å²) >= 11 is 0. The predicted molar refractivity (Wildman–Crippen MR) is 69.5 cm³/mol. The Morgan fingerprint density at radius 3 is 2.74 bits per heavy atom. The van der Waals surface area contributed by atoms with Crippen LogP contribution in [0.5, 0.6) is 0 Å². The second kappa shape index (κ2) is 7.76. The van der Waals surface area contributed by atoms with Gasteiger partial charge >= 0.3 is 5.97 Å². The maximum absolute atomic E-state index is 12.1. The van der Waals surface area contributed by atoms with Crippen molar-refractivity contribution in [3.05, 3.63) is 0 Å². The molecule has 108 valence electrons. The average Bonchev–Trinajstić information content (AvgIpc) is 2.36. The van der Waals surface area contributed by atoms with Gasteiger partial charge in [0, 0.05) is 19.5 Å². The summed E-state index contributed by atoms with van der Waals surface area (Å²) in [6.45, 7) is 2.89. The molecule has 1 atom stereocenters. The number of carbonyl (C=O) groups excluding carboxylic acids is 2. The zero-order valence-corrected chi connectivity index (χ0v) is 11.4. The van der Waals surface area contributed by atoms with Crippen molar-refractivity contribution in [3.63, 3.8) is 0 Å². The van der Waals surface area contributed by atoms with E-state index >= 15 is 0 Å². The molecule has 0 radical (unpaired) electrons. The lowest BCUT2D eigenvalue weighted by Crippen LogP contribution is -2.57. The van der Waals surface area contributed by atoms with E-state index in [4.69, 9.17) is 5.11 Å². The molecule has 2 amide bonds. The summed E-state index contributed by atoms with van der Waals surface area (Å²) in [5, 5.41) is 11.4. The van der Waals surface area contributed by atoms with Crippen molar-refractivity contribution in [3.8, 4) is 0 Å². The second-order valence-corrected chi connectivity index (χ2v) is 4.80. The maximum atomic E-state index is 12.1. The molecule has 1 heterocycles. The second-order valence-electron chi connectivity index (χ2n) is 4.80. The Hall–Kier alpha value is -1.59. The van der Waals surface area contributed by atoms with E-state index in [0.717, 1.165) is 25.7 Å². The number of nitrogens with zero attached hydrogens (tertiary/aromatic N) is 1. The van der Waals surface area contributed by atoms with Gasteiger partial charge in [-0.15, -0.1) is 0 Å². The predicted octanol–water partition coefficient (Wildman–Crippen LogP) is 0.758. The number of nitrogens with one attached hydrogen (secondary N) is 1. The lowest BCUT2D eigenvalue weighted by Gasteiger charge is -2.34. The molecule has 2 N–H and O–H groups in total. The Labute approximate surface area is 113 Å². The number of piperazine rings is 1. The number of hydrogen-bond donors (Lipinski definition) is 2. The number of aliphatic carboxylic acids is 1. The minimum atomic E-state index is -1.06. The van der Waals surface area contributed by atoms with Crippen LogP contribution in [0.15, 0.2) is 0 Å². The summed E-state index contributed by atoms with van der Waals surface area (Å²) in [4.78, 5) is 35.9. The van der Waals surface area contributed by atoms with Crippen molar-refractivity contribution in [2.45, 2.75) is 51.5 Å². The summed E-state index contributed by atoms with van der Waals surface area (Å²) in [7, 11) is 0. The Kier molecular flexibility index (Phi) is 6.32. The zero-order valence-electron chi connectivity index (χ0n) is 11.4. The van der Waals surface area contributed by atoms with Gasteiger partial charge in [-0.1, -0.05) is 26.2 Å². The van der Waals surface area contributed by atoms with Crippen molar-refractivity contribution in [1.82, 2.24) is 10.2 Å². The van der Waals surface area contributed by atoms with Crippen molar-refractivity contribution < 1.29 is 19.5 Å². The molecule has 1 aliphatic rings. The average molecular weight is 270 g/mol. The van der Waals surface area contributed by atoms with Gasteiger partial charge in [-0.25, -0.2) is 0 Å². The van der Waals surface area contributed by atoms with E-state index < -0.39 is 12.0 Å². The lowest BCUT2D eigenvalue weighted by atomic mass is 10.1. The van der Waals surface area contributed by atoms with Gasteiger partial charge in [0.2, 0.25) is 11.8 Å². The van der Waals surface area contributed by atoms with E-state index in [0.29, 0.717) is 19.5 Å². The molecule has 0 bridgehead atoms. The van der Waals surface area contributed by atoms with Crippen molar-refractivity contribution in [2.24, 2.45) is 0 Å². The largest absolute Gasteiger partial charge is 0.481 e. The highest BCUT2D eigenvalue weighted by Crippen LogP contribution is 2.13. The molecule has 1 aliphatic heterocycles. The molecule has 1 fully saturated rings. The molecule has 0 aliphatic carbocycles. The third-order valence-electron chi connectivity index (χ3n) is 3.26. The fourth-order valence-corrected chi connectivity index (χ4v) is 2.23. The summed E-state index contributed by atoms with van der Waals surface area (Å²) in [5.41, 5.74) is 0. The van der Waals surface area contributed by atoms with Crippen LogP contribution in [0.3, 0.4) is 0 Å². The van der Waals surface area contributed by atoms with E-state index in [-0.39, 0.29) is 18.2 Å². The van der Waals surface area contributed by atoms with Gasteiger partial charge in [-0.05, 0) is 6.42 Å². The summed E-state index contributed by atoms with van der Waals surface area (Å²) in [5.74, 6) is -1.54. The molecule has 0 spiro atoms. The Balaban J connectivity index is 2.53. The molecule has 0 aromatic heterocycles. The van der Waals surface area contributed by atoms with Crippen LogP contribution in [0.2, 0.25) is 0 Å². The third kappa shape index (κ3) is 4.89. The maximum Gasteiger partial charge on any atom is 0.305 e. The Morgan fingerprint density at radius 1 is 1.37 bits per heavy atom. The molecule has 1 unspecified atom stereocenters. The number of carboxylic acids is 1. The minimum absolute atomic E-state index is 0.114. The highest BCUT2D eigenvalue weighted by atomic mass is 16.4. The van der Waals surface area contributed by atoms with E-state index in [1.165, 1.54) is 4.90 Å². The first kappa shape index (κ1) is 15.5. The summed E-state index contributed by atoms with van der Waals surface area (Å²) in [6, 6.07) is -0.857. The molecular formula is C13H22N2O4. The monoisotopic (exact) mass is 270 g/mol. The van der Waals surface area contributed by atoms with Crippen molar-refractivity contribution in [1.29, 1.82) is 0 Å². The van der Waals surface area contributed by atoms with Gasteiger partial charge in [0.25, 0.3) is 0 Å². The van der Waals surface area contributed by atoms with E-state index in [2.05, 4.69) is 12.2 Å².